The van der Waals surface area contributed by atoms with Crippen LogP contribution in [0.5, 0.6) is 0 Å². The summed E-state index contributed by atoms with van der Waals surface area (Å²) >= 11 is 1.45. The minimum atomic E-state index is -0.813. The van der Waals surface area contributed by atoms with Gasteiger partial charge >= 0.3 is 0 Å². The van der Waals surface area contributed by atoms with Crippen molar-refractivity contribution >= 4 is 29.1 Å². The van der Waals surface area contributed by atoms with Gasteiger partial charge in [0, 0.05) is 6.54 Å². The van der Waals surface area contributed by atoms with Crippen molar-refractivity contribution in [1.82, 2.24) is 10.2 Å². The molecule has 0 aliphatic carbocycles. The van der Waals surface area contributed by atoms with Gasteiger partial charge in [-0.3, -0.25) is 19.3 Å². The number of nitrogens with one attached hydrogen (secondary N) is 1. The molecule has 0 saturated heterocycles. The lowest BCUT2D eigenvalue weighted by Gasteiger charge is -2.15. The molecule has 2 aromatic rings. The lowest BCUT2D eigenvalue weighted by Crippen LogP contribution is -2.41. The molecule has 1 atom stereocenters. The average molecular weight is 330 g/mol. The number of hydrogen-bond acceptors (Lipinski definition) is 5. The van der Waals surface area contributed by atoms with Crippen molar-refractivity contribution < 1.29 is 19.5 Å². The molecular weight excluding hydrogens is 316 g/mol. The Balaban J connectivity index is 1.59. The van der Waals surface area contributed by atoms with Crippen LogP contribution in [-0.4, -0.2) is 40.8 Å². The van der Waals surface area contributed by atoms with E-state index in [1.807, 2.05) is 5.38 Å². The number of carbonyl (C=O) groups excluding carboxylic acids is 3. The van der Waals surface area contributed by atoms with Gasteiger partial charge in [-0.15, -0.1) is 0 Å². The Hall–Kier alpha value is -2.51. The number of carbonyl (C=O) groups is 3. The summed E-state index contributed by atoms with van der Waals surface area (Å²) in [6.07, 6.45) is -0.813. The van der Waals surface area contributed by atoms with E-state index < -0.39 is 23.8 Å². The molecule has 0 fully saturated rings. The van der Waals surface area contributed by atoms with E-state index in [2.05, 4.69) is 5.32 Å². The summed E-state index contributed by atoms with van der Waals surface area (Å²) < 4.78 is 0. The lowest BCUT2D eigenvalue weighted by molar-refractivity contribution is -0.121. The fourth-order valence-corrected chi connectivity index (χ4v) is 3.08. The standard InChI is InChI=1S/C16H14N2O4S/c19-13(10-5-6-23-9-10)7-17-14(20)8-18-15(21)11-3-1-2-4-12(11)16(18)22/h1-6,9,13,19H,7-8H2,(H,17,20). The quantitative estimate of drug-likeness (QED) is 0.807. The van der Waals surface area contributed by atoms with E-state index in [4.69, 9.17) is 0 Å². The number of hydrogen-bond donors (Lipinski definition) is 2. The van der Waals surface area contributed by atoms with Gasteiger partial charge < -0.3 is 10.4 Å². The molecule has 2 N–H and O–H groups in total. The molecule has 118 valence electrons. The highest BCUT2D eigenvalue weighted by Crippen LogP contribution is 2.22. The van der Waals surface area contributed by atoms with Crippen molar-refractivity contribution in [3.05, 3.63) is 57.8 Å². The predicted octanol–water partition coefficient (Wildman–Crippen LogP) is 1.19. The second-order valence-electron chi connectivity index (χ2n) is 5.12. The highest BCUT2D eigenvalue weighted by Gasteiger charge is 2.36. The summed E-state index contributed by atoms with van der Waals surface area (Å²) in [7, 11) is 0. The molecule has 1 aliphatic rings. The number of fused-ring (bicyclic) bond motifs is 1. The molecule has 6 nitrogen and oxygen atoms in total. The van der Waals surface area contributed by atoms with Crippen molar-refractivity contribution in [3.8, 4) is 0 Å². The maximum absolute atomic E-state index is 12.1. The maximum Gasteiger partial charge on any atom is 0.262 e. The fraction of sp³-hybridized carbons (Fsp3) is 0.188. The minimum absolute atomic E-state index is 0.0265. The molecule has 1 aromatic carbocycles. The molecule has 0 spiro atoms. The van der Waals surface area contributed by atoms with Crippen LogP contribution in [0.1, 0.15) is 32.4 Å². The number of imide groups is 1. The van der Waals surface area contributed by atoms with Crippen LogP contribution in [0.15, 0.2) is 41.1 Å². The van der Waals surface area contributed by atoms with Crippen LogP contribution in [0.25, 0.3) is 0 Å². The topological polar surface area (TPSA) is 86.7 Å². The SMILES string of the molecule is O=C(CN1C(=O)c2ccccc2C1=O)NCC(O)c1ccsc1. The van der Waals surface area contributed by atoms with Gasteiger partial charge in [0.2, 0.25) is 5.91 Å². The van der Waals surface area contributed by atoms with E-state index in [0.29, 0.717) is 11.1 Å². The molecule has 0 bridgehead atoms. The fourth-order valence-electron chi connectivity index (χ4n) is 2.38. The molecule has 23 heavy (non-hydrogen) atoms. The first-order chi connectivity index (χ1) is 11.1. The number of rotatable bonds is 5. The molecule has 0 radical (unpaired) electrons. The highest BCUT2D eigenvalue weighted by atomic mass is 32.1. The van der Waals surface area contributed by atoms with Crippen LogP contribution < -0.4 is 5.32 Å². The first-order valence-corrected chi connectivity index (χ1v) is 7.94. The van der Waals surface area contributed by atoms with Crippen molar-refractivity contribution in [1.29, 1.82) is 0 Å². The van der Waals surface area contributed by atoms with Crippen LogP contribution in [0.4, 0.5) is 0 Å². The van der Waals surface area contributed by atoms with Gasteiger partial charge in [0.25, 0.3) is 11.8 Å². The van der Waals surface area contributed by atoms with E-state index >= 15 is 0 Å². The van der Waals surface area contributed by atoms with E-state index in [1.165, 1.54) is 11.3 Å². The Morgan fingerprint density at radius 1 is 1.17 bits per heavy atom. The third-order valence-electron chi connectivity index (χ3n) is 3.60. The van der Waals surface area contributed by atoms with Crippen molar-refractivity contribution in [2.45, 2.75) is 6.10 Å². The average Bonchev–Trinajstić information content (AvgIpc) is 3.17. The number of benzene rings is 1. The molecule has 1 aliphatic heterocycles. The number of aliphatic hydroxyl groups is 1. The largest absolute Gasteiger partial charge is 0.387 e. The molecule has 3 amide bonds. The Kier molecular flexibility index (Phi) is 4.22. The molecule has 1 aromatic heterocycles. The van der Waals surface area contributed by atoms with Crippen LogP contribution in [-0.2, 0) is 4.79 Å². The summed E-state index contributed by atoms with van der Waals surface area (Å²) in [4.78, 5) is 37.2. The smallest absolute Gasteiger partial charge is 0.262 e. The molecule has 2 heterocycles. The van der Waals surface area contributed by atoms with Crippen LogP contribution in [0.2, 0.25) is 0 Å². The van der Waals surface area contributed by atoms with E-state index in [-0.39, 0.29) is 13.1 Å². The third-order valence-corrected chi connectivity index (χ3v) is 4.30. The first-order valence-electron chi connectivity index (χ1n) is 7.00. The second-order valence-corrected chi connectivity index (χ2v) is 5.90. The van der Waals surface area contributed by atoms with Crippen LogP contribution >= 0.6 is 11.3 Å². The molecular formula is C16H14N2O4S. The summed E-state index contributed by atoms with van der Waals surface area (Å²) in [5.74, 6) is -1.44. The Labute approximate surface area is 136 Å². The molecule has 0 saturated carbocycles. The van der Waals surface area contributed by atoms with E-state index in [0.717, 1.165) is 10.5 Å². The third kappa shape index (κ3) is 3.01. The number of nitrogens with zero attached hydrogens (tertiary/aromatic N) is 1. The number of amides is 3. The van der Waals surface area contributed by atoms with Crippen molar-refractivity contribution in [2.75, 3.05) is 13.1 Å². The number of thiophene rings is 1. The summed E-state index contributed by atoms with van der Waals surface area (Å²) in [5.41, 5.74) is 1.34. The van der Waals surface area contributed by atoms with Gasteiger partial charge in [0.1, 0.15) is 6.54 Å². The molecule has 3 rings (SSSR count). The summed E-state index contributed by atoms with van der Waals surface area (Å²) in [6.45, 7) is -0.332. The highest BCUT2D eigenvalue weighted by molar-refractivity contribution is 7.07. The van der Waals surface area contributed by atoms with Gasteiger partial charge in [-0.05, 0) is 34.5 Å². The van der Waals surface area contributed by atoms with Crippen LogP contribution in [0.3, 0.4) is 0 Å². The zero-order valence-corrected chi connectivity index (χ0v) is 12.9. The Bertz CT molecular complexity index is 722. The first kappa shape index (κ1) is 15.4. The van der Waals surface area contributed by atoms with Gasteiger partial charge in [0.05, 0.1) is 17.2 Å². The molecule has 1 unspecified atom stereocenters. The lowest BCUT2D eigenvalue weighted by atomic mass is 10.1. The maximum atomic E-state index is 12.1. The van der Waals surface area contributed by atoms with Crippen molar-refractivity contribution in [3.63, 3.8) is 0 Å². The molecule has 7 heteroatoms. The second kappa shape index (κ2) is 6.31. The Morgan fingerprint density at radius 3 is 2.39 bits per heavy atom. The van der Waals surface area contributed by atoms with E-state index in [1.54, 1.807) is 35.7 Å². The Morgan fingerprint density at radius 2 is 1.83 bits per heavy atom. The van der Waals surface area contributed by atoms with E-state index in [9.17, 15) is 19.5 Å². The predicted molar refractivity (Wildman–Crippen MR) is 84.1 cm³/mol. The summed E-state index contributed by atoms with van der Waals surface area (Å²) in [5, 5.41) is 16.1. The van der Waals surface area contributed by atoms with Gasteiger partial charge in [0.15, 0.2) is 0 Å². The van der Waals surface area contributed by atoms with Gasteiger partial charge in [-0.25, -0.2) is 0 Å². The van der Waals surface area contributed by atoms with Gasteiger partial charge in [-0.1, -0.05) is 12.1 Å². The zero-order valence-electron chi connectivity index (χ0n) is 12.1. The minimum Gasteiger partial charge on any atom is -0.387 e. The van der Waals surface area contributed by atoms with Gasteiger partial charge in [-0.2, -0.15) is 11.3 Å². The van der Waals surface area contributed by atoms with Crippen LogP contribution in [0, 0.1) is 0 Å². The zero-order chi connectivity index (χ0) is 16.4. The van der Waals surface area contributed by atoms with Crippen molar-refractivity contribution in [2.24, 2.45) is 0 Å². The normalized spacial score (nSPS) is 14.7. The number of aliphatic hydroxyl groups excluding tert-OH is 1. The summed E-state index contributed by atoms with van der Waals surface area (Å²) in [6, 6.07) is 8.24. The monoisotopic (exact) mass is 330 g/mol.